The van der Waals surface area contributed by atoms with E-state index in [4.69, 9.17) is 21.1 Å². The first kappa shape index (κ1) is 27.2. The second-order valence-corrected chi connectivity index (χ2v) is 11.8. The SMILES string of the molecule is CCOC(=O)C1=C(CN2CCS(=O)(=O)C[C@H]2C(=O)OC)NC(c2nccs2)=N[C@H]1c1ccc(F)cc1Cl. The van der Waals surface area contributed by atoms with Crippen LogP contribution < -0.4 is 5.32 Å². The fraction of sp³-hybridized carbons (Fsp3) is 0.391. The predicted molar refractivity (Wildman–Crippen MR) is 136 cm³/mol. The Bertz CT molecular complexity index is 1360. The van der Waals surface area contributed by atoms with E-state index < -0.39 is 45.4 Å². The summed E-state index contributed by atoms with van der Waals surface area (Å²) in [5, 5.41) is 5.48. The topological polar surface area (TPSA) is 127 Å². The zero-order valence-corrected chi connectivity index (χ0v) is 22.3. The lowest BCUT2D eigenvalue weighted by atomic mass is 9.95. The summed E-state index contributed by atoms with van der Waals surface area (Å²) in [4.78, 5) is 36.4. The number of halogens is 2. The lowest BCUT2D eigenvalue weighted by Crippen LogP contribution is -2.54. The summed E-state index contributed by atoms with van der Waals surface area (Å²) >= 11 is 7.69. The number of sulfone groups is 1. The monoisotopic (exact) mass is 570 g/mol. The van der Waals surface area contributed by atoms with E-state index >= 15 is 0 Å². The van der Waals surface area contributed by atoms with Gasteiger partial charge in [-0.25, -0.2) is 22.6 Å². The number of hydrogen-bond acceptors (Lipinski definition) is 11. The van der Waals surface area contributed by atoms with Crippen LogP contribution in [0.2, 0.25) is 5.02 Å². The van der Waals surface area contributed by atoms with Crippen molar-refractivity contribution in [2.75, 3.05) is 38.3 Å². The molecule has 0 saturated carbocycles. The highest BCUT2D eigenvalue weighted by Crippen LogP contribution is 2.37. The van der Waals surface area contributed by atoms with Crippen molar-refractivity contribution in [3.8, 4) is 0 Å². The molecule has 0 amide bonds. The summed E-state index contributed by atoms with van der Waals surface area (Å²) in [7, 11) is -2.28. The van der Waals surface area contributed by atoms with Crippen LogP contribution in [0.25, 0.3) is 0 Å². The van der Waals surface area contributed by atoms with Crippen LogP contribution in [-0.2, 0) is 28.9 Å². The molecule has 0 bridgehead atoms. The second-order valence-electron chi connectivity index (χ2n) is 8.24. The van der Waals surface area contributed by atoms with Crippen molar-refractivity contribution < 1.29 is 31.9 Å². The molecular weight excluding hydrogens is 547 g/mol. The van der Waals surface area contributed by atoms with E-state index in [0.717, 1.165) is 6.07 Å². The number of aliphatic imine (C=N–C) groups is 1. The highest BCUT2D eigenvalue weighted by molar-refractivity contribution is 7.91. The van der Waals surface area contributed by atoms with Crippen LogP contribution in [0.15, 0.2) is 46.0 Å². The Hall–Kier alpha value is -2.87. The third-order valence-corrected chi connectivity index (χ3v) is 8.63. The number of nitrogens with zero attached hydrogens (tertiary/aromatic N) is 3. The van der Waals surface area contributed by atoms with Gasteiger partial charge in [0.25, 0.3) is 0 Å². The van der Waals surface area contributed by atoms with Crippen LogP contribution >= 0.6 is 22.9 Å². The molecule has 3 heterocycles. The Kier molecular flexibility index (Phi) is 8.26. The maximum Gasteiger partial charge on any atom is 0.338 e. The molecule has 2 aliphatic heterocycles. The molecule has 198 valence electrons. The minimum absolute atomic E-state index is 0.0247. The molecule has 10 nitrogen and oxygen atoms in total. The Labute approximate surface area is 222 Å². The minimum atomic E-state index is -3.46. The van der Waals surface area contributed by atoms with E-state index in [1.807, 2.05) is 0 Å². The third-order valence-electron chi connectivity index (χ3n) is 5.89. The van der Waals surface area contributed by atoms with Crippen molar-refractivity contribution in [1.29, 1.82) is 0 Å². The van der Waals surface area contributed by atoms with E-state index in [2.05, 4.69) is 15.3 Å². The molecule has 1 aromatic heterocycles. The van der Waals surface area contributed by atoms with Gasteiger partial charge in [-0.3, -0.25) is 14.7 Å². The van der Waals surface area contributed by atoms with Gasteiger partial charge in [-0.15, -0.1) is 11.3 Å². The number of rotatable bonds is 7. The van der Waals surface area contributed by atoms with E-state index in [0.29, 0.717) is 22.1 Å². The van der Waals surface area contributed by atoms with Crippen LogP contribution in [0, 0.1) is 5.82 Å². The van der Waals surface area contributed by atoms with Gasteiger partial charge >= 0.3 is 11.9 Å². The number of hydrogen-bond donors (Lipinski definition) is 1. The summed E-state index contributed by atoms with van der Waals surface area (Å²) in [5.41, 5.74) is 0.801. The van der Waals surface area contributed by atoms with E-state index in [-0.39, 0.29) is 36.0 Å². The van der Waals surface area contributed by atoms with Gasteiger partial charge in [0.05, 0.1) is 30.8 Å². The van der Waals surface area contributed by atoms with Gasteiger partial charge < -0.3 is 14.8 Å². The van der Waals surface area contributed by atoms with Gasteiger partial charge in [-0.05, 0) is 19.1 Å². The van der Waals surface area contributed by atoms with Crippen LogP contribution in [0.4, 0.5) is 4.39 Å². The Morgan fingerprint density at radius 3 is 2.78 bits per heavy atom. The Balaban J connectivity index is 1.84. The number of amidine groups is 1. The van der Waals surface area contributed by atoms with Gasteiger partial charge in [0.15, 0.2) is 20.7 Å². The van der Waals surface area contributed by atoms with Crippen LogP contribution in [0.5, 0.6) is 0 Å². The van der Waals surface area contributed by atoms with E-state index in [1.54, 1.807) is 23.4 Å². The van der Waals surface area contributed by atoms with Gasteiger partial charge in [0.1, 0.15) is 17.9 Å². The highest BCUT2D eigenvalue weighted by Gasteiger charge is 2.40. The molecular formula is C23H24ClFN4O6S2. The summed E-state index contributed by atoms with van der Waals surface area (Å²) in [5.74, 6) is -2.18. The Morgan fingerprint density at radius 2 is 2.14 bits per heavy atom. The molecule has 2 aromatic rings. The third kappa shape index (κ3) is 6.00. The normalized spacial score (nSPS) is 21.7. The largest absolute Gasteiger partial charge is 0.468 e. The zero-order valence-electron chi connectivity index (χ0n) is 19.9. The van der Waals surface area contributed by atoms with Crippen molar-refractivity contribution in [2.24, 2.45) is 4.99 Å². The number of carbonyl (C=O) groups excluding carboxylic acids is 2. The second kappa shape index (κ2) is 11.3. The molecule has 0 aliphatic carbocycles. The molecule has 37 heavy (non-hydrogen) atoms. The number of thiazole rings is 1. The van der Waals surface area contributed by atoms with Crippen molar-refractivity contribution in [3.63, 3.8) is 0 Å². The number of carbonyl (C=O) groups is 2. The summed E-state index contributed by atoms with van der Waals surface area (Å²) in [6.45, 7) is 1.74. The van der Waals surface area contributed by atoms with Crippen molar-refractivity contribution in [1.82, 2.24) is 15.2 Å². The van der Waals surface area contributed by atoms with Crippen LogP contribution in [0.3, 0.4) is 0 Å². The number of aromatic nitrogens is 1. The fourth-order valence-electron chi connectivity index (χ4n) is 4.15. The maximum atomic E-state index is 13.8. The van der Waals surface area contributed by atoms with E-state index in [1.165, 1.54) is 30.6 Å². The molecule has 14 heteroatoms. The van der Waals surface area contributed by atoms with Crippen molar-refractivity contribution in [2.45, 2.75) is 19.0 Å². The molecule has 1 fully saturated rings. The molecule has 1 N–H and O–H groups in total. The van der Waals surface area contributed by atoms with Gasteiger partial charge in [-0.2, -0.15) is 0 Å². The molecule has 2 atom stereocenters. The predicted octanol–water partition coefficient (Wildman–Crippen LogP) is 2.12. The lowest BCUT2D eigenvalue weighted by molar-refractivity contribution is -0.146. The van der Waals surface area contributed by atoms with Gasteiger partial charge in [0, 0.05) is 40.9 Å². The minimum Gasteiger partial charge on any atom is -0.468 e. The first-order valence-corrected chi connectivity index (χ1v) is 14.3. The number of methoxy groups -OCH3 is 1. The number of esters is 2. The van der Waals surface area contributed by atoms with Crippen LogP contribution in [0.1, 0.15) is 23.5 Å². The molecule has 0 radical (unpaired) electrons. The van der Waals surface area contributed by atoms with Gasteiger partial charge in [0.2, 0.25) is 0 Å². The quantitative estimate of drug-likeness (QED) is 0.498. The summed E-state index contributed by atoms with van der Waals surface area (Å²) < 4.78 is 48.6. The molecule has 0 unspecified atom stereocenters. The van der Waals surface area contributed by atoms with Crippen molar-refractivity contribution in [3.05, 3.63) is 62.5 Å². The molecule has 4 rings (SSSR count). The number of ether oxygens (including phenoxy) is 2. The molecule has 2 aliphatic rings. The lowest BCUT2D eigenvalue weighted by Gasteiger charge is -2.36. The smallest absolute Gasteiger partial charge is 0.338 e. The zero-order chi connectivity index (χ0) is 26.7. The molecule has 0 spiro atoms. The highest BCUT2D eigenvalue weighted by atomic mass is 35.5. The average Bonchev–Trinajstić information content (AvgIpc) is 3.39. The first-order valence-electron chi connectivity index (χ1n) is 11.3. The molecule has 1 aromatic carbocycles. The fourth-order valence-corrected chi connectivity index (χ4v) is 6.52. The standard InChI is InChI=1S/C23H24ClFN4O6S2/c1-3-35-23(31)18-16(11-29-7-9-37(32,33)12-17(29)22(30)34-2)27-20(21-26-6-8-36-21)28-19(18)14-5-4-13(25)10-15(14)24/h4-6,8,10,17,19H,3,7,9,11-12H2,1-2H3,(H,27,28)/t17-,19-/m0/s1. The van der Waals surface area contributed by atoms with Crippen molar-refractivity contribution >= 4 is 50.5 Å². The number of benzene rings is 1. The van der Waals surface area contributed by atoms with Crippen LogP contribution in [-0.4, -0.2) is 80.4 Å². The van der Waals surface area contributed by atoms with Gasteiger partial charge in [-0.1, -0.05) is 17.7 Å². The average molecular weight is 571 g/mol. The summed E-state index contributed by atoms with van der Waals surface area (Å²) in [6.07, 6.45) is 1.59. The first-order chi connectivity index (χ1) is 17.6. The van der Waals surface area contributed by atoms with E-state index in [9.17, 15) is 22.4 Å². The maximum absolute atomic E-state index is 13.8. The molecule has 1 saturated heterocycles. The number of nitrogens with one attached hydrogen (secondary N) is 1. The summed E-state index contributed by atoms with van der Waals surface area (Å²) in [6, 6.07) is 1.73. The Morgan fingerprint density at radius 1 is 1.35 bits per heavy atom.